The molecule has 2 aromatic carbocycles. The van der Waals surface area contributed by atoms with Crippen molar-refractivity contribution in [3.05, 3.63) is 102 Å². The summed E-state index contributed by atoms with van der Waals surface area (Å²) in [5, 5.41) is 16.6. The number of carbonyl (C=O) groups excluding carboxylic acids is 1. The lowest BCUT2D eigenvalue weighted by Crippen LogP contribution is -2.24. The molecule has 0 aliphatic rings. The summed E-state index contributed by atoms with van der Waals surface area (Å²) in [6.07, 6.45) is 5.38. The van der Waals surface area contributed by atoms with E-state index in [4.69, 9.17) is 0 Å². The molecule has 4 rings (SSSR count). The summed E-state index contributed by atoms with van der Waals surface area (Å²) in [6.45, 7) is 6.78. The second-order valence-corrected chi connectivity index (χ2v) is 8.20. The van der Waals surface area contributed by atoms with Gasteiger partial charge in [-0.1, -0.05) is 47.7 Å². The van der Waals surface area contributed by atoms with E-state index in [1.165, 1.54) is 11.1 Å². The lowest BCUT2D eigenvalue weighted by molar-refractivity contribution is 0.0949. The lowest BCUT2D eigenvalue weighted by atomic mass is 10.2. The van der Waals surface area contributed by atoms with Gasteiger partial charge in [0.05, 0.1) is 12.2 Å². The fraction of sp³-hybridized carbons (Fsp3) is 0.167. The molecule has 0 saturated carbocycles. The van der Waals surface area contributed by atoms with Crippen LogP contribution >= 0.6 is 11.8 Å². The topological polar surface area (TPSA) is 77.6 Å². The molecule has 0 aliphatic heterocycles. The molecule has 2 aromatic heterocycles. The Morgan fingerprint density at radius 2 is 2.00 bits per heavy atom. The zero-order chi connectivity index (χ0) is 22.3. The number of allylic oxidation sites excluding steroid dienone is 1. The first-order valence-corrected chi connectivity index (χ1v) is 11.2. The molecule has 0 atom stereocenters. The van der Waals surface area contributed by atoms with Gasteiger partial charge in [0.1, 0.15) is 0 Å². The first-order valence-electron chi connectivity index (χ1n) is 10.2. The van der Waals surface area contributed by atoms with Crippen molar-refractivity contribution in [2.75, 3.05) is 0 Å². The average molecular weight is 445 g/mol. The minimum Gasteiger partial charge on any atom is -0.345 e. The van der Waals surface area contributed by atoms with E-state index in [0.717, 1.165) is 16.6 Å². The summed E-state index contributed by atoms with van der Waals surface area (Å²) >= 11 is 1.62. The zero-order valence-electron chi connectivity index (χ0n) is 17.8. The maximum Gasteiger partial charge on any atom is 0.251 e. The minimum atomic E-state index is -0.167. The third-order valence-corrected chi connectivity index (χ3v) is 5.90. The second-order valence-electron chi connectivity index (χ2n) is 7.26. The van der Waals surface area contributed by atoms with Gasteiger partial charge in [0, 0.05) is 30.3 Å². The molecule has 0 radical (unpaired) electrons. The Kier molecular flexibility index (Phi) is 6.81. The van der Waals surface area contributed by atoms with Gasteiger partial charge in [0.2, 0.25) is 0 Å². The Balaban J connectivity index is 1.40. The summed E-state index contributed by atoms with van der Waals surface area (Å²) in [4.78, 5) is 12.6. The smallest absolute Gasteiger partial charge is 0.251 e. The quantitative estimate of drug-likeness (QED) is 0.310. The van der Waals surface area contributed by atoms with Gasteiger partial charge in [-0.15, -0.1) is 16.8 Å². The van der Waals surface area contributed by atoms with Gasteiger partial charge in [-0.05, 0) is 42.8 Å². The fourth-order valence-electron chi connectivity index (χ4n) is 3.27. The Labute approximate surface area is 191 Å². The molecule has 1 N–H and O–H groups in total. The molecule has 32 heavy (non-hydrogen) atoms. The van der Waals surface area contributed by atoms with Gasteiger partial charge in [-0.25, -0.2) is 4.68 Å². The molecule has 2 heterocycles. The van der Waals surface area contributed by atoms with Gasteiger partial charge >= 0.3 is 0 Å². The molecule has 0 unspecified atom stereocenters. The maximum atomic E-state index is 12.6. The monoisotopic (exact) mass is 444 g/mol. The van der Waals surface area contributed by atoms with Crippen LogP contribution < -0.4 is 5.32 Å². The number of nitrogens with zero attached hydrogens (tertiary/aromatic N) is 5. The van der Waals surface area contributed by atoms with Crippen LogP contribution in [0.3, 0.4) is 0 Å². The summed E-state index contributed by atoms with van der Waals surface area (Å²) < 4.78 is 3.73. The number of amides is 1. The van der Waals surface area contributed by atoms with E-state index in [1.54, 1.807) is 40.8 Å². The lowest BCUT2D eigenvalue weighted by Gasteiger charge is -2.09. The van der Waals surface area contributed by atoms with E-state index in [9.17, 15) is 4.79 Å². The SMILES string of the molecule is C=CCn1c(CNC(=O)c2ccc(-n3cccn3)cc2)nnc1SCc1cccc(C)c1. The van der Waals surface area contributed by atoms with E-state index in [2.05, 4.69) is 58.4 Å². The van der Waals surface area contributed by atoms with Crippen LogP contribution in [0.4, 0.5) is 0 Å². The highest BCUT2D eigenvalue weighted by atomic mass is 32.2. The molecule has 162 valence electrons. The summed E-state index contributed by atoms with van der Waals surface area (Å²) in [5.74, 6) is 1.32. The molecule has 1 amide bonds. The molecule has 0 saturated heterocycles. The average Bonchev–Trinajstić information content (AvgIpc) is 3.47. The van der Waals surface area contributed by atoms with Crippen molar-refractivity contribution in [1.82, 2.24) is 29.9 Å². The third-order valence-electron chi connectivity index (χ3n) is 4.86. The van der Waals surface area contributed by atoms with Gasteiger partial charge in [0.25, 0.3) is 5.91 Å². The largest absolute Gasteiger partial charge is 0.345 e. The van der Waals surface area contributed by atoms with Crippen molar-refractivity contribution in [2.45, 2.75) is 30.9 Å². The number of benzene rings is 2. The van der Waals surface area contributed by atoms with Gasteiger partial charge in [-0.2, -0.15) is 5.10 Å². The number of carbonyl (C=O) groups is 1. The fourth-order valence-corrected chi connectivity index (χ4v) is 4.18. The van der Waals surface area contributed by atoms with Crippen molar-refractivity contribution in [1.29, 1.82) is 0 Å². The summed E-state index contributed by atoms with van der Waals surface area (Å²) in [5.41, 5.74) is 3.94. The van der Waals surface area contributed by atoms with Crippen LogP contribution in [-0.4, -0.2) is 30.5 Å². The molecule has 0 fully saturated rings. The number of thioether (sulfide) groups is 1. The third kappa shape index (κ3) is 5.15. The van der Waals surface area contributed by atoms with Crippen LogP contribution in [0.25, 0.3) is 5.69 Å². The normalized spacial score (nSPS) is 10.8. The van der Waals surface area contributed by atoms with E-state index in [1.807, 2.05) is 29.0 Å². The second kappa shape index (κ2) is 10.1. The van der Waals surface area contributed by atoms with Crippen LogP contribution in [0.5, 0.6) is 0 Å². The first kappa shape index (κ1) is 21.6. The van der Waals surface area contributed by atoms with Crippen LogP contribution in [0.2, 0.25) is 0 Å². The van der Waals surface area contributed by atoms with Crippen LogP contribution in [0, 0.1) is 6.92 Å². The molecule has 0 spiro atoms. The standard InChI is InChI=1S/C24H24N6OS/c1-3-13-29-22(27-28-24(29)32-17-19-7-4-6-18(2)15-19)16-25-23(31)20-8-10-21(11-9-20)30-14-5-12-26-30/h3-12,14-15H,1,13,16-17H2,2H3,(H,25,31). The Bertz CT molecular complexity index is 1200. The Morgan fingerprint density at radius 3 is 2.72 bits per heavy atom. The zero-order valence-corrected chi connectivity index (χ0v) is 18.6. The van der Waals surface area contributed by atoms with E-state index >= 15 is 0 Å². The van der Waals surface area contributed by atoms with Crippen LogP contribution in [0.15, 0.2) is 84.8 Å². The van der Waals surface area contributed by atoms with Gasteiger partial charge in [0.15, 0.2) is 11.0 Å². The molecule has 7 nitrogen and oxygen atoms in total. The number of hydrogen-bond acceptors (Lipinski definition) is 5. The number of hydrogen-bond donors (Lipinski definition) is 1. The van der Waals surface area contributed by atoms with Crippen LogP contribution in [0.1, 0.15) is 27.3 Å². The van der Waals surface area contributed by atoms with Crippen molar-refractivity contribution in [3.63, 3.8) is 0 Å². The molecule has 0 aliphatic carbocycles. The van der Waals surface area contributed by atoms with Crippen molar-refractivity contribution in [3.8, 4) is 5.69 Å². The van der Waals surface area contributed by atoms with Crippen molar-refractivity contribution >= 4 is 17.7 Å². The molecular weight excluding hydrogens is 420 g/mol. The Morgan fingerprint density at radius 1 is 1.16 bits per heavy atom. The molecular formula is C24H24N6OS. The molecule has 8 heteroatoms. The highest BCUT2D eigenvalue weighted by Crippen LogP contribution is 2.22. The number of aryl methyl sites for hydroxylation is 1. The highest BCUT2D eigenvalue weighted by molar-refractivity contribution is 7.98. The highest BCUT2D eigenvalue weighted by Gasteiger charge is 2.14. The molecule has 4 aromatic rings. The van der Waals surface area contributed by atoms with Crippen LogP contribution in [-0.2, 0) is 18.8 Å². The van der Waals surface area contributed by atoms with E-state index in [-0.39, 0.29) is 12.5 Å². The van der Waals surface area contributed by atoms with Gasteiger partial charge in [-0.3, -0.25) is 4.79 Å². The minimum absolute atomic E-state index is 0.167. The predicted molar refractivity (Wildman–Crippen MR) is 126 cm³/mol. The van der Waals surface area contributed by atoms with E-state index in [0.29, 0.717) is 17.9 Å². The Hall–Kier alpha value is -3.65. The summed E-state index contributed by atoms with van der Waals surface area (Å²) in [6, 6.07) is 17.6. The van der Waals surface area contributed by atoms with Gasteiger partial charge < -0.3 is 9.88 Å². The number of rotatable bonds is 9. The number of aromatic nitrogens is 5. The predicted octanol–water partition coefficient (Wildman–Crippen LogP) is 4.18. The maximum absolute atomic E-state index is 12.6. The number of nitrogens with one attached hydrogen (secondary N) is 1. The first-order chi connectivity index (χ1) is 15.6. The van der Waals surface area contributed by atoms with E-state index < -0.39 is 0 Å². The summed E-state index contributed by atoms with van der Waals surface area (Å²) in [7, 11) is 0. The van der Waals surface area contributed by atoms with Crippen molar-refractivity contribution < 1.29 is 4.79 Å². The van der Waals surface area contributed by atoms with Crippen molar-refractivity contribution in [2.24, 2.45) is 0 Å². The molecule has 0 bridgehead atoms.